The molecule has 1 aromatic heterocycles. The van der Waals surface area contributed by atoms with Gasteiger partial charge in [-0.25, -0.2) is 4.79 Å². The van der Waals surface area contributed by atoms with Crippen molar-refractivity contribution >= 4 is 34.3 Å². The van der Waals surface area contributed by atoms with E-state index in [-0.39, 0.29) is 18.4 Å². The van der Waals surface area contributed by atoms with Gasteiger partial charge in [0, 0.05) is 5.69 Å². The Bertz CT molecular complexity index is 1080. The standard InChI is InChI=1S/C18H15N3O5/c1-10(21-13-4-2-3-5-15(13)26-18(21)24)17(23)19-11-6-7-14-12(8-11)20-16(22)9-25-14/h2-8,10H,9H2,1H3,(H,19,23)(H,20,22). The van der Waals surface area contributed by atoms with Gasteiger partial charge in [-0.2, -0.15) is 0 Å². The van der Waals surface area contributed by atoms with Crippen LogP contribution in [-0.4, -0.2) is 23.0 Å². The molecule has 0 bridgehead atoms. The third-order valence-electron chi connectivity index (χ3n) is 4.17. The molecule has 132 valence electrons. The largest absolute Gasteiger partial charge is 0.482 e. The molecule has 2 N–H and O–H groups in total. The summed E-state index contributed by atoms with van der Waals surface area (Å²) in [5, 5.41) is 5.42. The molecule has 0 spiro atoms. The van der Waals surface area contributed by atoms with E-state index in [0.29, 0.717) is 28.2 Å². The van der Waals surface area contributed by atoms with Gasteiger partial charge >= 0.3 is 5.76 Å². The molecule has 0 radical (unpaired) electrons. The molecular formula is C18H15N3O5. The highest BCUT2D eigenvalue weighted by atomic mass is 16.5. The van der Waals surface area contributed by atoms with E-state index in [0.717, 1.165) is 0 Å². The van der Waals surface area contributed by atoms with Crippen molar-refractivity contribution in [1.29, 1.82) is 0 Å². The average molecular weight is 353 g/mol. The van der Waals surface area contributed by atoms with Gasteiger partial charge in [0.2, 0.25) is 5.91 Å². The first-order valence-electron chi connectivity index (χ1n) is 8.00. The van der Waals surface area contributed by atoms with Crippen LogP contribution in [0.4, 0.5) is 11.4 Å². The van der Waals surface area contributed by atoms with E-state index >= 15 is 0 Å². The maximum atomic E-state index is 12.6. The Morgan fingerprint density at radius 3 is 2.88 bits per heavy atom. The van der Waals surface area contributed by atoms with Crippen molar-refractivity contribution in [2.75, 3.05) is 17.2 Å². The number of ether oxygens (including phenoxy) is 1. The minimum Gasteiger partial charge on any atom is -0.482 e. The first kappa shape index (κ1) is 15.9. The van der Waals surface area contributed by atoms with Gasteiger partial charge in [-0.1, -0.05) is 12.1 Å². The summed E-state index contributed by atoms with van der Waals surface area (Å²) >= 11 is 0. The van der Waals surface area contributed by atoms with E-state index in [1.807, 2.05) is 0 Å². The number of nitrogens with zero attached hydrogens (tertiary/aromatic N) is 1. The third-order valence-corrected chi connectivity index (χ3v) is 4.17. The van der Waals surface area contributed by atoms with Crippen LogP contribution in [-0.2, 0) is 9.59 Å². The number of anilines is 2. The van der Waals surface area contributed by atoms with Crippen LogP contribution >= 0.6 is 0 Å². The van der Waals surface area contributed by atoms with Crippen LogP contribution in [0.25, 0.3) is 11.1 Å². The van der Waals surface area contributed by atoms with Crippen LogP contribution in [0.2, 0.25) is 0 Å². The lowest BCUT2D eigenvalue weighted by Gasteiger charge is -2.19. The SMILES string of the molecule is CC(C(=O)Nc1ccc2c(c1)NC(=O)CO2)n1c(=O)oc2ccccc21. The number of oxazole rings is 1. The molecule has 1 unspecified atom stereocenters. The summed E-state index contributed by atoms with van der Waals surface area (Å²) in [4.78, 5) is 36.1. The van der Waals surface area contributed by atoms with Gasteiger partial charge in [0.15, 0.2) is 12.2 Å². The van der Waals surface area contributed by atoms with Gasteiger partial charge in [-0.05, 0) is 37.3 Å². The first-order valence-corrected chi connectivity index (χ1v) is 8.00. The highest BCUT2D eigenvalue weighted by Crippen LogP contribution is 2.30. The molecule has 0 aliphatic carbocycles. The van der Waals surface area contributed by atoms with Crippen LogP contribution < -0.4 is 21.1 Å². The fourth-order valence-electron chi connectivity index (χ4n) is 2.88. The van der Waals surface area contributed by atoms with E-state index in [1.165, 1.54) is 4.57 Å². The molecule has 2 amide bonds. The molecular weight excluding hydrogens is 338 g/mol. The van der Waals surface area contributed by atoms with Crippen LogP contribution in [0.3, 0.4) is 0 Å². The van der Waals surface area contributed by atoms with Crippen LogP contribution in [0.5, 0.6) is 5.75 Å². The van der Waals surface area contributed by atoms with Gasteiger partial charge in [-0.15, -0.1) is 0 Å². The second kappa shape index (κ2) is 6.07. The summed E-state index contributed by atoms with van der Waals surface area (Å²) in [6.45, 7) is 1.58. The molecule has 2 heterocycles. The van der Waals surface area contributed by atoms with Crippen LogP contribution in [0.1, 0.15) is 13.0 Å². The fraction of sp³-hybridized carbons (Fsp3) is 0.167. The number of amides is 2. The van der Waals surface area contributed by atoms with Gasteiger partial charge in [0.25, 0.3) is 5.91 Å². The number of carbonyl (C=O) groups is 2. The quantitative estimate of drug-likeness (QED) is 0.751. The molecule has 1 aliphatic heterocycles. The Morgan fingerprint density at radius 1 is 1.23 bits per heavy atom. The molecule has 0 saturated carbocycles. The number of hydrogen-bond donors (Lipinski definition) is 2. The summed E-state index contributed by atoms with van der Waals surface area (Å²) in [6.07, 6.45) is 0. The summed E-state index contributed by atoms with van der Waals surface area (Å²) in [7, 11) is 0. The number of fused-ring (bicyclic) bond motifs is 2. The Balaban J connectivity index is 1.60. The second-order valence-corrected chi connectivity index (χ2v) is 5.92. The zero-order chi connectivity index (χ0) is 18.3. The zero-order valence-electron chi connectivity index (χ0n) is 13.8. The highest BCUT2D eigenvalue weighted by Gasteiger charge is 2.22. The van der Waals surface area contributed by atoms with E-state index < -0.39 is 11.8 Å². The molecule has 26 heavy (non-hydrogen) atoms. The minimum absolute atomic E-state index is 0.0355. The van der Waals surface area contributed by atoms with Gasteiger partial charge in [-0.3, -0.25) is 14.2 Å². The smallest absolute Gasteiger partial charge is 0.420 e. The van der Waals surface area contributed by atoms with Crippen molar-refractivity contribution in [1.82, 2.24) is 4.57 Å². The number of hydrogen-bond acceptors (Lipinski definition) is 5. The molecule has 1 atom stereocenters. The third kappa shape index (κ3) is 2.71. The van der Waals surface area contributed by atoms with Crippen molar-refractivity contribution in [3.63, 3.8) is 0 Å². The maximum Gasteiger partial charge on any atom is 0.420 e. The Labute approximate surface area is 147 Å². The van der Waals surface area contributed by atoms with E-state index in [4.69, 9.17) is 9.15 Å². The van der Waals surface area contributed by atoms with Crippen LogP contribution in [0, 0.1) is 0 Å². The van der Waals surface area contributed by atoms with E-state index in [9.17, 15) is 14.4 Å². The molecule has 3 aromatic rings. The fourth-order valence-corrected chi connectivity index (χ4v) is 2.88. The number of carbonyl (C=O) groups excluding carboxylic acids is 2. The van der Waals surface area contributed by atoms with Gasteiger partial charge < -0.3 is 19.8 Å². The van der Waals surface area contributed by atoms with Crippen molar-refractivity contribution < 1.29 is 18.7 Å². The van der Waals surface area contributed by atoms with Crippen molar-refractivity contribution in [3.05, 3.63) is 53.0 Å². The lowest BCUT2D eigenvalue weighted by molar-refractivity contribution is -0.119. The molecule has 0 fully saturated rings. The lowest BCUT2D eigenvalue weighted by atomic mass is 10.2. The maximum absolute atomic E-state index is 12.6. The summed E-state index contributed by atoms with van der Waals surface area (Å²) < 4.78 is 11.8. The van der Waals surface area contributed by atoms with E-state index in [1.54, 1.807) is 49.4 Å². The predicted octanol–water partition coefficient (Wildman–Crippen LogP) is 2.13. The molecule has 4 rings (SSSR count). The number of para-hydroxylation sites is 2. The molecule has 8 heteroatoms. The minimum atomic E-state index is -0.784. The number of nitrogens with one attached hydrogen (secondary N) is 2. The average Bonchev–Trinajstić information content (AvgIpc) is 2.96. The molecule has 2 aromatic carbocycles. The summed E-state index contributed by atoms with van der Waals surface area (Å²) in [5.74, 6) is -0.708. The Hall–Kier alpha value is -3.55. The number of benzene rings is 2. The second-order valence-electron chi connectivity index (χ2n) is 5.92. The van der Waals surface area contributed by atoms with Crippen LogP contribution in [0.15, 0.2) is 51.7 Å². The molecule has 0 saturated heterocycles. The van der Waals surface area contributed by atoms with Crippen molar-refractivity contribution in [2.45, 2.75) is 13.0 Å². The van der Waals surface area contributed by atoms with E-state index in [2.05, 4.69) is 10.6 Å². The first-order chi connectivity index (χ1) is 12.5. The summed E-state index contributed by atoms with van der Waals surface area (Å²) in [5.41, 5.74) is 1.93. The van der Waals surface area contributed by atoms with Crippen molar-refractivity contribution in [3.8, 4) is 5.75 Å². The van der Waals surface area contributed by atoms with Crippen molar-refractivity contribution in [2.24, 2.45) is 0 Å². The summed E-state index contributed by atoms with van der Waals surface area (Å²) in [6, 6.07) is 11.1. The Morgan fingerprint density at radius 2 is 2.04 bits per heavy atom. The van der Waals surface area contributed by atoms with Gasteiger partial charge in [0.1, 0.15) is 11.8 Å². The predicted molar refractivity (Wildman–Crippen MR) is 94.4 cm³/mol. The number of aromatic nitrogens is 1. The highest BCUT2D eigenvalue weighted by molar-refractivity contribution is 5.98. The topological polar surface area (TPSA) is 103 Å². The van der Waals surface area contributed by atoms with Gasteiger partial charge in [0.05, 0.1) is 11.2 Å². The monoisotopic (exact) mass is 353 g/mol. The lowest BCUT2D eigenvalue weighted by Crippen LogP contribution is -2.29. The molecule has 1 aliphatic rings. The molecule has 8 nitrogen and oxygen atoms in total. The zero-order valence-corrected chi connectivity index (χ0v) is 13.8. The normalized spacial score (nSPS) is 14.3. The Kier molecular flexibility index (Phi) is 3.72. The number of rotatable bonds is 3.